The first-order valence-electron chi connectivity index (χ1n) is 18.7. The molecule has 9 atom stereocenters. The normalized spacial score (nSPS) is 27.8. The minimum atomic E-state index is -0.794. The van der Waals surface area contributed by atoms with Gasteiger partial charge in [-0.25, -0.2) is 4.79 Å². The molecule has 0 spiro atoms. The summed E-state index contributed by atoms with van der Waals surface area (Å²) in [5.74, 6) is -0.290. The maximum atomic E-state index is 11.7. The van der Waals surface area contributed by atoms with E-state index in [9.17, 15) is 25.2 Å². The Hall–Kier alpha value is -1.03. The maximum absolute atomic E-state index is 11.7. The Morgan fingerprint density at radius 1 is 0.711 bits per heavy atom. The molecular weight excluding hydrogens is 572 g/mol. The summed E-state index contributed by atoms with van der Waals surface area (Å²) in [5.41, 5.74) is 0.606. The van der Waals surface area contributed by atoms with Gasteiger partial charge >= 0.3 is 5.97 Å². The Morgan fingerprint density at radius 3 is 2.00 bits per heavy atom. The lowest BCUT2D eigenvalue weighted by Crippen LogP contribution is -2.33. The fourth-order valence-electron chi connectivity index (χ4n) is 7.28. The van der Waals surface area contributed by atoms with Gasteiger partial charge in [-0.15, -0.1) is 0 Å². The summed E-state index contributed by atoms with van der Waals surface area (Å²) < 4.78 is 17.7. The van der Waals surface area contributed by atoms with Crippen molar-refractivity contribution in [2.24, 2.45) is 0 Å². The highest BCUT2D eigenvalue weighted by molar-refractivity contribution is 5.90. The molecule has 0 amide bonds. The number of cyclic esters (lactones) is 1. The first-order valence-corrected chi connectivity index (χ1v) is 18.7. The largest absolute Gasteiger partial charge is 0.455 e. The van der Waals surface area contributed by atoms with Crippen LogP contribution in [0.2, 0.25) is 0 Å². The summed E-state index contributed by atoms with van der Waals surface area (Å²) in [5, 5.41) is 41.8. The fourth-order valence-corrected chi connectivity index (χ4v) is 7.28. The lowest BCUT2D eigenvalue weighted by Gasteiger charge is -2.24. The third-order valence-electron chi connectivity index (χ3n) is 10.1. The van der Waals surface area contributed by atoms with E-state index in [0.29, 0.717) is 37.7 Å². The molecule has 2 fully saturated rings. The average Bonchev–Trinajstić information content (AvgIpc) is 3.76. The standard InChI is InChI=1S/C37H66O8/c1-3-4-5-6-7-8-12-15-18-31(39)32(40)20-21-33(41)34-23-24-36(45-34)35-22-19-30(44-35)17-14-11-9-10-13-16-29(38)26-28-25-27(2)43-37(28)42/h25,27,29-36,38-41H,3-24,26H2,1-2H3/t27-,29+,30-,31+,32-,33+,34+,35+,36+/m1/s1. The lowest BCUT2D eigenvalue weighted by molar-refractivity contribution is -0.139. The van der Waals surface area contributed by atoms with Crippen molar-refractivity contribution in [3.05, 3.63) is 11.6 Å². The van der Waals surface area contributed by atoms with E-state index in [1.165, 1.54) is 38.5 Å². The van der Waals surface area contributed by atoms with Crippen LogP contribution in [0.1, 0.15) is 162 Å². The van der Waals surface area contributed by atoms with Crippen molar-refractivity contribution in [1.29, 1.82) is 0 Å². The van der Waals surface area contributed by atoms with Gasteiger partial charge < -0.3 is 34.6 Å². The van der Waals surface area contributed by atoms with E-state index in [0.717, 1.165) is 77.0 Å². The van der Waals surface area contributed by atoms with E-state index in [4.69, 9.17) is 14.2 Å². The number of esters is 1. The summed E-state index contributed by atoms with van der Waals surface area (Å²) in [6, 6.07) is 0. The third kappa shape index (κ3) is 14.7. The number of carbonyl (C=O) groups is 1. The van der Waals surface area contributed by atoms with Crippen LogP contribution < -0.4 is 0 Å². The molecule has 0 unspecified atom stereocenters. The Bertz CT molecular complexity index is 833. The molecule has 3 aliphatic rings. The number of carbonyl (C=O) groups excluding carboxylic acids is 1. The molecule has 8 nitrogen and oxygen atoms in total. The van der Waals surface area contributed by atoms with Crippen LogP contribution in [-0.2, 0) is 19.0 Å². The van der Waals surface area contributed by atoms with E-state index in [-0.39, 0.29) is 36.5 Å². The molecule has 2 saturated heterocycles. The predicted molar refractivity (Wildman–Crippen MR) is 177 cm³/mol. The van der Waals surface area contributed by atoms with Crippen LogP contribution in [0, 0.1) is 0 Å². The topological polar surface area (TPSA) is 126 Å². The molecule has 0 radical (unpaired) electrons. The number of hydrogen-bond donors (Lipinski definition) is 4. The van der Waals surface area contributed by atoms with E-state index in [1.807, 2.05) is 13.0 Å². The summed E-state index contributed by atoms with van der Waals surface area (Å²) in [4.78, 5) is 11.7. The minimum absolute atomic E-state index is 0.0311. The second-order valence-electron chi connectivity index (χ2n) is 14.2. The van der Waals surface area contributed by atoms with Gasteiger partial charge in [0, 0.05) is 12.0 Å². The van der Waals surface area contributed by atoms with E-state index in [2.05, 4.69) is 6.92 Å². The van der Waals surface area contributed by atoms with Gasteiger partial charge in [0.15, 0.2) is 0 Å². The predicted octanol–water partition coefficient (Wildman–Crippen LogP) is 6.83. The molecule has 0 aromatic carbocycles. The van der Waals surface area contributed by atoms with Gasteiger partial charge in [-0.3, -0.25) is 0 Å². The quantitative estimate of drug-likeness (QED) is 0.0634. The van der Waals surface area contributed by atoms with Crippen molar-refractivity contribution in [3.63, 3.8) is 0 Å². The van der Waals surface area contributed by atoms with Crippen LogP contribution >= 0.6 is 0 Å². The van der Waals surface area contributed by atoms with Gasteiger partial charge in [0.2, 0.25) is 0 Å². The molecule has 0 aromatic heterocycles. The molecule has 0 saturated carbocycles. The van der Waals surface area contributed by atoms with Crippen LogP contribution in [0.5, 0.6) is 0 Å². The second-order valence-corrected chi connectivity index (χ2v) is 14.2. The first kappa shape index (κ1) is 38.4. The Balaban J connectivity index is 1.17. The Morgan fingerprint density at radius 2 is 1.31 bits per heavy atom. The van der Waals surface area contributed by atoms with Crippen LogP contribution in [0.25, 0.3) is 0 Å². The monoisotopic (exact) mass is 638 g/mol. The van der Waals surface area contributed by atoms with Gasteiger partial charge in [-0.1, -0.05) is 90.4 Å². The zero-order chi connectivity index (χ0) is 32.4. The number of aliphatic hydroxyl groups excluding tert-OH is 4. The zero-order valence-corrected chi connectivity index (χ0v) is 28.5. The molecule has 45 heavy (non-hydrogen) atoms. The number of unbranched alkanes of at least 4 members (excludes halogenated alkanes) is 11. The van der Waals surface area contributed by atoms with Crippen molar-refractivity contribution >= 4 is 5.97 Å². The van der Waals surface area contributed by atoms with Crippen molar-refractivity contribution < 1.29 is 39.4 Å². The maximum Gasteiger partial charge on any atom is 0.334 e. The molecule has 8 heteroatoms. The summed E-state index contributed by atoms with van der Waals surface area (Å²) in [6.45, 7) is 4.06. The van der Waals surface area contributed by atoms with Crippen molar-refractivity contribution in [3.8, 4) is 0 Å². The molecule has 3 rings (SSSR count). The number of hydrogen-bond acceptors (Lipinski definition) is 8. The van der Waals surface area contributed by atoms with Crippen LogP contribution in [0.15, 0.2) is 11.6 Å². The lowest BCUT2D eigenvalue weighted by atomic mass is 9.97. The van der Waals surface area contributed by atoms with Crippen molar-refractivity contribution in [1.82, 2.24) is 0 Å². The third-order valence-corrected chi connectivity index (χ3v) is 10.1. The highest BCUT2D eigenvalue weighted by Crippen LogP contribution is 2.34. The molecule has 0 aromatic rings. The van der Waals surface area contributed by atoms with Crippen molar-refractivity contribution in [2.45, 2.75) is 216 Å². The number of aliphatic hydroxyl groups is 4. The van der Waals surface area contributed by atoms with Gasteiger partial charge in [0.1, 0.15) is 6.10 Å². The van der Waals surface area contributed by atoms with E-state index >= 15 is 0 Å². The van der Waals surface area contributed by atoms with E-state index < -0.39 is 24.4 Å². The van der Waals surface area contributed by atoms with Gasteiger partial charge in [-0.2, -0.15) is 0 Å². The first-order chi connectivity index (χ1) is 21.8. The Kier molecular flexibility index (Phi) is 18.6. The zero-order valence-electron chi connectivity index (χ0n) is 28.5. The molecule has 3 heterocycles. The van der Waals surface area contributed by atoms with Gasteiger partial charge in [-0.05, 0) is 70.8 Å². The summed E-state index contributed by atoms with van der Waals surface area (Å²) in [7, 11) is 0. The molecule has 4 N–H and O–H groups in total. The summed E-state index contributed by atoms with van der Waals surface area (Å²) in [6.07, 6.45) is 21.8. The number of rotatable bonds is 25. The summed E-state index contributed by atoms with van der Waals surface area (Å²) >= 11 is 0. The second kappa shape index (κ2) is 21.8. The fraction of sp³-hybridized carbons (Fsp3) is 0.919. The SMILES string of the molecule is CCCCCCCCCC[C@H](O)[C@H](O)CC[C@H](O)[C@@H]1CC[C@@H]([C@@H]2CC[C@@H](CCCCCCC[C@H](O)CC3=C[C@@H](C)OC3=O)O2)O1. The average molecular weight is 639 g/mol. The van der Waals surface area contributed by atoms with Crippen LogP contribution in [-0.4, -0.2) is 81.3 Å². The molecule has 262 valence electrons. The van der Waals surface area contributed by atoms with Crippen LogP contribution in [0.3, 0.4) is 0 Å². The van der Waals surface area contributed by atoms with Gasteiger partial charge in [0.25, 0.3) is 0 Å². The number of ether oxygens (including phenoxy) is 3. The Labute approximate surface area is 273 Å². The van der Waals surface area contributed by atoms with E-state index in [1.54, 1.807) is 0 Å². The highest BCUT2D eigenvalue weighted by Gasteiger charge is 2.39. The molecular formula is C37H66O8. The minimum Gasteiger partial charge on any atom is -0.455 e. The van der Waals surface area contributed by atoms with Crippen LogP contribution in [0.4, 0.5) is 0 Å². The van der Waals surface area contributed by atoms with Gasteiger partial charge in [0.05, 0.1) is 48.8 Å². The molecule has 3 aliphatic heterocycles. The smallest absolute Gasteiger partial charge is 0.334 e. The van der Waals surface area contributed by atoms with Crippen molar-refractivity contribution in [2.75, 3.05) is 0 Å². The molecule has 0 aliphatic carbocycles. The highest BCUT2D eigenvalue weighted by atomic mass is 16.6. The molecule has 0 bridgehead atoms.